The van der Waals surface area contributed by atoms with E-state index in [0.29, 0.717) is 22.8 Å². The number of rotatable bonds is 4. The van der Waals surface area contributed by atoms with E-state index >= 15 is 0 Å². The van der Waals surface area contributed by atoms with Crippen LogP contribution in [0.1, 0.15) is 25.1 Å². The van der Waals surface area contributed by atoms with Gasteiger partial charge in [-0.3, -0.25) is 0 Å². The van der Waals surface area contributed by atoms with Crippen LogP contribution in [-0.4, -0.2) is 32.3 Å². The van der Waals surface area contributed by atoms with Crippen LogP contribution >= 0.6 is 0 Å². The van der Waals surface area contributed by atoms with Crippen molar-refractivity contribution in [1.29, 1.82) is 5.26 Å². The van der Waals surface area contributed by atoms with E-state index in [4.69, 9.17) is 4.74 Å². The number of nitriles is 1. The Labute approximate surface area is 139 Å². The average molecular weight is 322 g/mol. The molecule has 0 spiro atoms. The molecule has 6 nitrogen and oxygen atoms in total. The van der Waals surface area contributed by atoms with Crippen LogP contribution in [0.5, 0.6) is 5.88 Å². The van der Waals surface area contributed by atoms with Gasteiger partial charge in [0.1, 0.15) is 17.9 Å². The number of aromatic nitrogens is 3. The first-order chi connectivity index (χ1) is 11.5. The van der Waals surface area contributed by atoms with Crippen molar-refractivity contribution in [2.45, 2.75) is 33.0 Å². The Kier molecular flexibility index (Phi) is 4.19. The van der Waals surface area contributed by atoms with Crippen LogP contribution in [-0.2, 0) is 0 Å². The Morgan fingerprint density at radius 3 is 2.79 bits per heavy atom. The first kappa shape index (κ1) is 16.0. The molecule has 0 saturated heterocycles. The molecular weight excluding hydrogens is 304 g/mol. The number of aliphatic hydroxyl groups is 1. The Balaban J connectivity index is 2.00. The molecule has 0 unspecified atom stereocenters. The fourth-order valence-electron chi connectivity index (χ4n) is 2.45. The van der Waals surface area contributed by atoms with Crippen LogP contribution in [0.15, 0.2) is 30.6 Å². The van der Waals surface area contributed by atoms with Gasteiger partial charge in [0.25, 0.3) is 0 Å². The monoisotopic (exact) mass is 322 g/mol. The summed E-state index contributed by atoms with van der Waals surface area (Å²) in [6.45, 7) is 5.26. The molecule has 1 aromatic carbocycles. The Morgan fingerprint density at radius 1 is 1.33 bits per heavy atom. The number of ether oxygens (including phenoxy) is 1. The third-order valence-corrected chi connectivity index (χ3v) is 3.99. The predicted octanol–water partition coefficient (Wildman–Crippen LogP) is 2.95. The maximum atomic E-state index is 9.54. The molecule has 0 fully saturated rings. The quantitative estimate of drug-likeness (QED) is 0.770. The number of para-hydroxylation sites is 1. The molecule has 0 saturated carbocycles. The van der Waals surface area contributed by atoms with Gasteiger partial charge < -0.3 is 14.8 Å². The molecule has 2 aromatic heterocycles. The van der Waals surface area contributed by atoms with Crippen LogP contribution in [0.4, 0.5) is 0 Å². The molecule has 3 aromatic rings. The number of benzene rings is 1. The molecule has 6 heteroatoms. The van der Waals surface area contributed by atoms with Gasteiger partial charge in [0, 0.05) is 17.1 Å². The van der Waals surface area contributed by atoms with E-state index in [0.717, 1.165) is 16.5 Å². The fourth-order valence-corrected chi connectivity index (χ4v) is 2.45. The van der Waals surface area contributed by atoms with Gasteiger partial charge in [-0.25, -0.2) is 9.97 Å². The van der Waals surface area contributed by atoms with E-state index in [1.54, 1.807) is 26.1 Å². The van der Waals surface area contributed by atoms with Crippen molar-refractivity contribution in [3.05, 3.63) is 41.9 Å². The van der Waals surface area contributed by atoms with Crippen molar-refractivity contribution in [2.24, 2.45) is 0 Å². The lowest BCUT2D eigenvalue weighted by Gasteiger charge is -2.17. The molecular formula is C18H18N4O2. The largest absolute Gasteiger partial charge is 0.471 e. The van der Waals surface area contributed by atoms with E-state index in [9.17, 15) is 10.4 Å². The van der Waals surface area contributed by atoms with Crippen molar-refractivity contribution >= 4 is 10.9 Å². The lowest BCUT2D eigenvalue weighted by molar-refractivity contribution is 0.0567. The average Bonchev–Trinajstić information content (AvgIpc) is 3.00. The van der Waals surface area contributed by atoms with E-state index in [-0.39, 0.29) is 6.10 Å². The lowest BCUT2D eigenvalue weighted by atomic mass is 10.1. The molecule has 0 amide bonds. The molecule has 2 atom stereocenters. The second-order valence-electron chi connectivity index (χ2n) is 5.75. The maximum absolute atomic E-state index is 9.54. The highest BCUT2D eigenvalue weighted by Crippen LogP contribution is 2.30. The van der Waals surface area contributed by atoms with Crippen LogP contribution in [0.3, 0.4) is 0 Å². The van der Waals surface area contributed by atoms with E-state index in [2.05, 4.69) is 21.0 Å². The number of aliphatic hydroxyl groups excluding tert-OH is 1. The fraction of sp³-hybridized carbons (Fsp3) is 0.278. The van der Waals surface area contributed by atoms with Crippen LogP contribution in [0, 0.1) is 18.3 Å². The number of nitrogens with zero attached hydrogens (tertiary/aromatic N) is 3. The molecule has 0 radical (unpaired) electrons. The molecule has 3 rings (SSSR count). The summed E-state index contributed by atoms with van der Waals surface area (Å²) >= 11 is 0. The minimum absolute atomic E-state index is 0.366. The highest BCUT2D eigenvalue weighted by molar-refractivity contribution is 5.97. The second kappa shape index (κ2) is 6.30. The van der Waals surface area contributed by atoms with Gasteiger partial charge in [-0.1, -0.05) is 12.1 Å². The summed E-state index contributed by atoms with van der Waals surface area (Å²) in [5.41, 5.74) is 3.61. The van der Waals surface area contributed by atoms with Crippen molar-refractivity contribution in [2.75, 3.05) is 0 Å². The van der Waals surface area contributed by atoms with Gasteiger partial charge in [0.2, 0.25) is 5.88 Å². The maximum Gasteiger partial charge on any atom is 0.235 e. The second-order valence-corrected chi connectivity index (χ2v) is 5.75. The molecule has 24 heavy (non-hydrogen) atoms. The van der Waals surface area contributed by atoms with Gasteiger partial charge >= 0.3 is 0 Å². The van der Waals surface area contributed by atoms with E-state index in [1.807, 2.05) is 25.3 Å². The van der Waals surface area contributed by atoms with Crippen LogP contribution in [0.25, 0.3) is 22.2 Å². The predicted molar refractivity (Wildman–Crippen MR) is 90.5 cm³/mol. The smallest absolute Gasteiger partial charge is 0.235 e. The van der Waals surface area contributed by atoms with Crippen molar-refractivity contribution < 1.29 is 9.84 Å². The summed E-state index contributed by atoms with van der Waals surface area (Å²) < 4.78 is 5.63. The minimum Gasteiger partial charge on any atom is -0.471 e. The zero-order chi connectivity index (χ0) is 17.3. The minimum atomic E-state index is -0.594. The number of fused-ring (bicyclic) bond motifs is 1. The first-order valence-corrected chi connectivity index (χ1v) is 7.70. The molecule has 0 aliphatic heterocycles. The number of H-pyrrole nitrogens is 1. The summed E-state index contributed by atoms with van der Waals surface area (Å²) in [6.07, 6.45) is 2.51. The van der Waals surface area contributed by atoms with Gasteiger partial charge in [0.15, 0.2) is 0 Å². The number of hydrogen-bond donors (Lipinski definition) is 2. The zero-order valence-electron chi connectivity index (χ0n) is 13.7. The van der Waals surface area contributed by atoms with Gasteiger partial charge in [0.05, 0.1) is 29.1 Å². The van der Waals surface area contributed by atoms with Crippen molar-refractivity contribution in [3.63, 3.8) is 0 Å². The van der Waals surface area contributed by atoms with Gasteiger partial charge in [-0.2, -0.15) is 5.26 Å². The molecule has 0 bridgehead atoms. The molecule has 0 aliphatic rings. The number of aryl methyl sites for hydroxylation is 1. The SMILES string of the molecule is Cc1nc(-c2c[nH]c3c(C#N)cccc23)cnc1O[C@H](C)[C@@H](C)O. The summed E-state index contributed by atoms with van der Waals surface area (Å²) in [7, 11) is 0. The number of hydrogen-bond acceptors (Lipinski definition) is 5. The van der Waals surface area contributed by atoms with E-state index < -0.39 is 6.10 Å². The zero-order valence-corrected chi connectivity index (χ0v) is 13.7. The lowest BCUT2D eigenvalue weighted by Crippen LogP contribution is -2.26. The standard InChI is InChI=1S/C18H18N4O2/c1-10-18(24-12(3)11(2)23)21-9-16(22-10)15-8-20-17-13(7-19)5-4-6-14(15)17/h4-6,8-9,11-12,20,23H,1-3H3/t11-,12-/m1/s1. The first-order valence-electron chi connectivity index (χ1n) is 7.70. The Bertz CT molecular complexity index is 924. The van der Waals surface area contributed by atoms with Crippen molar-refractivity contribution in [3.8, 4) is 23.2 Å². The number of nitrogens with one attached hydrogen (secondary N) is 1. The molecule has 0 aliphatic carbocycles. The normalized spacial score (nSPS) is 13.5. The van der Waals surface area contributed by atoms with Gasteiger partial charge in [-0.05, 0) is 26.8 Å². The summed E-state index contributed by atoms with van der Waals surface area (Å²) in [5, 5.41) is 19.7. The van der Waals surface area contributed by atoms with Crippen LogP contribution in [0.2, 0.25) is 0 Å². The summed E-state index contributed by atoms with van der Waals surface area (Å²) in [6, 6.07) is 7.74. The van der Waals surface area contributed by atoms with Crippen LogP contribution < -0.4 is 4.74 Å². The third-order valence-electron chi connectivity index (χ3n) is 3.99. The highest BCUT2D eigenvalue weighted by Gasteiger charge is 2.16. The summed E-state index contributed by atoms with van der Waals surface area (Å²) in [4.78, 5) is 12.0. The molecule has 2 N–H and O–H groups in total. The molecule has 122 valence electrons. The topological polar surface area (TPSA) is 94.8 Å². The number of aromatic amines is 1. The molecule has 2 heterocycles. The summed E-state index contributed by atoms with van der Waals surface area (Å²) in [5.74, 6) is 0.407. The van der Waals surface area contributed by atoms with Crippen molar-refractivity contribution in [1.82, 2.24) is 15.0 Å². The Hall–Kier alpha value is -2.91. The highest BCUT2D eigenvalue weighted by atomic mass is 16.5. The Morgan fingerprint density at radius 2 is 2.12 bits per heavy atom. The third kappa shape index (κ3) is 2.82. The van der Waals surface area contributed by atoms with Gasteiger partial charge in [-0.15, -0.1) is 0 Å². The van der Waals surface area contributed by atoms with E-state index in [1.165, 1.54) is 0 Å².